The molecule has 2 heteroatoms. The van der Waals surface area contributed by atoms with Crippen LogP contribution in [-0.4, -0.2) is 6.04 Å². The van der Waals surface area contributed by atoms with E-state index in [1.54, 1.807) is 6.26 Å². The van der Waals surface area contributed by atoms with Gasteiger partial charge in [-0.15, -0.1) is 0 Å². The minimum Gasteiger partial charge on any atom is -0.468 e. The summed E-state index contributed by atoms with van der Waals surface area (Å²) in [6.45, 7) is 0. The van der Waals surface area contributed by atoms with Gasteiger partial charge >= 0.3 is 0 Å². The van der Waals surface area contributed by atoms with Gasteiger partial charge in [-0.1, -0.05) is 30.3 Å². The fourth-order valence-corrected chi connectivity index (χ4v) is 2.12. The van der Waals surface area contributed by atoms with Crippen LogP contribution in [0.1, 0.15) is 30.2 Å². The van der Waals surface area contributed by atoms with Crippen LogP contribution in [0, 0.1) is 0 Å². The summed E-state index contributed by atoms with van der Waals surface area (Å²) in [6, 6.07) is 15.6. The van der Waals surface area contributed by atoms with E-state index in [0.29, 0.717) is 12.1 Å². The molecule has 1 atom stereocenters. The molecule has 1 aliphatic carbocycles. The molecule has 0 amide bonds. The zero-order valence-corrected chi connectivity index (χ0v) is 9.80. The topological polar surface area (TPSA) is 25.2 Å². The van der Waals surface area contributed by atoms with Gasteiger partial charge in [0.05, 0.1) is 12.3 Å². The van der Waals surface area contributed by atoms with Crippen LogP contribution in [0.3, 0.4) is 0 Å². The Morgan fingerprint density at radius 2 is 1.94 bits per heavy atom. The number of rotatable bonds is 5. The van der Waals surface area contributed by atoms with Crippen LogP contribution >= 0.6 is 0 Å². The third-order valence-corrected chi connectivity index (χ3v) is 3.18. The first kappa shape index (κ1) is 10.6. The summed E-state index contributed by atoms with van der Waals surface area (Å²) in [5, 5.41) is 3.65. The van der Waals surface area contributed by atoms with E-state index < -0.39 is 0 Å². The average Bonchev–Trinajstić information content (AvgIpc) is 3.01. The largest absolute Gasteiger partial charge is 0.468 e. The maximum absolute atomic E-state index is 5.53. The lowest BCUT2D eigenvalue weighted by Gasteiger charge is -2.16. The molecule has 88 valence electrons. The van der Waals surface area contributed by atoms with Crippen LogP contribution < -0.4 is 5.32 Å². The van der Waals surface area contributed by atoms with Crippen LogP contribution in [0.2, 0.25) is 0 Å². The molecule has 1 saturated carbocycles. The standard InChI is InChI=1S/C15H17NO/c1-2-5-12(6-3-1)11-14(16-13-8-9-13)15-7-4-10-17-15/h1-7,10,13-14,16H,8-9,11H2/t14-/m1/s1. The van der Waals surface area contributed by atoms with Crippen molar-refractivity contribution < 1.29 is 4.42 Å². The fourth-order valence-electron chi connectivity index (χ4n) is 2.12. The molecule has 1 fully saturated rings. The highest BCUT2D eigenvalue weighted by Crippen LogP contribution is 2.26. The van der Waals surface area contributed by atoms with Gasteiger partial charge in [0.15, 0.2) is 0 Å². The van der Waals surface area contributed by atoms with Gasteiger partial charge in [0.25, 0.3) is 0 Å². The molecule has 2 aromatic rings. The maximum atomic E-state index is 5.53. The lowest BCUT2D eigenvalue weighted by atomic mass is 10.0. The second-order valence-corrected chi connectivity index (χ2v) is 4.70. The first-order chi connectivity index (χ1) is 8.42. The molecule has 0 spiro atoms. The molecular weight excluding hydrogens is 210 g/mol. The number of hydrogen-bond donors (Lipinski definition) is 1. The minimum atomic E-state index is 0.305. The Kier molecular flexibility index (Phi) is 2.97. The van der Waals surface area contributed by atoms with Gasteiger partial charge in [0.2, 0.25) is 0 Å². The van der Waals surface area contributed by atoms with E-state index in [9.17, 15) is 0 Å². The molecule has 0 radical (unpaired) electrons. The normalized spacial score (nSPS) is 16.9. The highest BCUT2D eigenvalue weighted by atomic mass is 16.3. The molecule has 0 aliphatic heterocycles. The number of hydrogen-bond acceptors (Lipinski definition) is 2. The zero-order chi connectivity index (χ0) is 11.5. The van der Waals surface area contributed by atoms with Gasteiger partial charge in [-0.05, 0) is 37.0 Å². The summed E-state index contributed by atoms with van der Waals surface area (Å²) in [5.74, 6) is 1.04. The van der Waals surface area contributed by atoms with Crippen molar-refractivity contribution in [3.63, 3.8) is 0 Å². The third kappa shape index (κ3) is 2.77. The summed E-state index contributed by atoms with van der Waals surface area (Å²) in [6.07, 6.45) is 5.34. The van der Waals surface area contributed by atoms with E-state index in [0.717, 1.165) is 12.2 Å². The van der Waals surface area contributed by atoms with Crippen molar-refractivity contribution in [1.29, 1.82) is 0 Å². The monoisotopic (exact) mass is 227 g/mol. The molecule has 0 unspecified atom stereocenters. The van der Waals surface area contributed by atoms with E-state index in [1.165, 1.54) is 18.4 Å². The van der Waals surface area contributed by atoms with Crippen LogP contribution in [0.15, 0.2) is 53.1 Å². The first-order valence-corrected chi connectivity index (χ1v) is 6.25. The van der Waals surface area contributed by atoms with E-state index in [1.807, 2.05) is 6.07 Å². The fraction of sp³-hybridized carbons (Fsp3) is 0.333. The predicted octanol–water partition coefficient (Wildman–Crippen LogP) is 3.32. The summed E-state index contributed by atoms with van der Waals surface area (Å²) in [4.78, 5) is 0. The molecule has 1 aromatic carbocycles. The van der Waals surface area contributed by atoms with Crippen LogP contribution in [0.25, 0.3) is 0 Å². The Morgan fingerprint density at radius 3 is 2.59 bits per heavy atom. The average molecular weight is 227 g/mol. The van der Waals surface area contributed by atoms with E-state index in [-0.39, 0.29) is 0 Å². The molecular formula is C15H17NO. The highest BCUT2D eigenvalue weighted by Gasteiger charge is 2.26. The number of benzene rings is 1. The highest BCUT2D eigenvalue weighted by molar-refractivity contribution is 5.19. The number of furan rings is 1. The molecule has 1 heterocycles. The summed E-state index contributed by atoms with van der Waals surface area (Å²) in [7, 11) is 0. The van der Waals surface area contributed by atoms with Crippen molar-refractivity contribution in [2.45, 2.75) is 31.3 Å². The van der Waals surface area contributed by atoms with Crippen molar-refractivity contribution in [2.75, 3.05) is 0 Å². The van der Waals surface area contributed by atoms with E-state index in [2.05, 4.69) is 41.7 Å². The van der Waals surface area contributed by atoms with Crippen LogP contribution in [0.4, 0.5) is 0 Å². The van der Waals surface area contributed by atoms with Crippen molar-refractivity contribution in [3.05, 3.63) is 60.1 Å². The molecule has 3 rings (SSSR count). The molecule has 0 saturated heterocycles. The SMILES string of the molecule is c1ccc(C[C@@H](NC2CC2)c2ccco2)cc1. The molecule has 1 N–H and O–H groups in total. The molecule has 2 nitrogen and oxygen atoms in total. The first-order valence-electron chi connectivity index (χ1n) is 6.25. The Bertz CT molecular complexity index is 445. The quantitative estimate of drug-likeness (QED) is 0.847. The maximum Gasteiger partial charge on any atom is 0.121 e. The van der Waals surface area contributed by atoms with E-state index in [4.69, 9.17) is 4.42 Å². The van der Waals surface area contributed by atoms with Gasteiger partial charge in [-0.2, -0.15) is 0 Å². The van der Waals surface area contributed by atoms with E-state index >= 15 is 0 Å². The van der Waals surface area contributed by atoms with Crippen molar-refractivity contribution in [3.8, 4) is 0 Å². The Labute approximate surface area is 102 Å². The van der Waals surface area contributed by atoms with Gasteiger partial charge in [-0.3, -0.25) is 0 Å². The van der Waals surface area contributed by atoms with Crippen LogP contribution in [-0.2, 0) is 6.42 Å². The third-order valence-electron chi connectivity index (χ3n) is 3.18. The summed E-state index contributed by atoms with van der Waals surface area (Å²) >= 11 is 0. The predicted molar refractivity (Wildman–Crippen MR) is 67.8 cm³/mol. The lowest BCUT2D eigenvalue weighted by Crippen LogP contribution is -2.24. The number of nitrogens with one attached hydrogen (secondary N) is 1. The van der Waals surface area contributed by atoms with Crippen molar-refractivity contribution >= 4 is 0 Å². The van der Waals surface area contributed by atoms with Crippen molar-refractivity contribution in [1.82, 2.24) is 5.32 Å². The molecule has 1 aliphatic rings. The smallest absolute Gasteiger partial charge is 0.121 e. The summed E-state index contributed by atoms with van der Waals surface area (Å²) in [5.41, 5.74) is 1.35. The van der Waals surface area contributed by atoms with Crippen molar-refractivity contribution in [2.24, 2.45) is 0 Å². The molecule has 0 bridgehead atoms. The van der Waals surface area contributed by atoms with Gasteiger partial charge in [0, 0.05) is 6.04 Å². The van der Waals surface area contributed by atoms with Gasteiger partial charge < -0.3 is 9.73 Å². The molecule has 1 aromatic heterocycles. The second-order valence-electron chi connectivity index (χ2n) is 4.70. The Balaban J connectivity index is 1.74. The minimum absolute atomic E-state index is 0.305. The lowest BCUT2D eigenvalue weighted by molar-refractivity contribution is 0.408. The Morgan fingerprint density at radius 1 is 1.12 bits per heavy atom. The van der Waals surface area contributed by atoms with Gasteiger partial charge in [0.1, 0.15) is 5.76 Å². The van der Waals surface area contributed by atoms with Crippen LogP contribution in [0.5, 0.6) is 0 Å². The Hall–Kier alpha value is -1.54. The molecule has 17 heavy (non-hydrogen) atoms. The van der Waals surface area contributed by atoms with Gasteiger partial charge in [-0.25, -0.2) is 0 Å². The summed E-state index contributed by atoms with van der Waals surface area (Å²) < 4.78 is 5.53. The zero-order valence-electron chi connectivity index (χ0n) is 9.80. The second kappa shape index (κ2) is 4.76.